The number of ether oxygens (including phenoxy) is 1. The van der Waals surface area contributed by atoms with Crippen LogP contribution in [0, 0.1) is 6.92 Å². The quantitative estimate of drug-likeness (QED) is 0.728. The first-order chi connectivity index (χ1) is 5.65. The third kappa shape index (κ3) is 1.77. The average molecular weight is 166 g/mol. The molecule has 1 aromatic rings. The molecule has 66 valence electrons. The highest BCUT2D eigenvalue weighted by molar-refractivity contribution is 5.36. The highest BCUT2D eigenvalue weighted by Gasteiger charge is 2.03. The molecule has 0 saturated heterocycles. The lowest BCUT2D eigenvalue weighted by atomic mass is 10.1. The molecule has 1 aromatic carbocycles. The molecule has 0 saturated carbocycles. The third-order valence-corrected chi connectivity index (χ3v) is 1.90. The predicted molar refractivity (Wildman–Crippen MR) is 48.4 cm³/mol. The van der Waals surface area contributed by atoms with Crippen molar-refractivity contribution in [3.63, 3.8) is 0 Å². The number of aliphatic hydroxyl groups is 1. The minimum atomic E-state index is -0.408. The van der Waals surface area contributed by atoms with Crippen molar-refractivity contribution >= 4 is 0 Å². The van der Waals surface area contributed by atoms with E-state index in [-0.39, 0.29) is 0 Å². The van der Waals surface area contributed by atoms with Crippen LogP contribution in [0.4, 0.5) is 0 Å². The number of hydrogen-bond acceptors (Lipinski definition) is 2. The molecule has 0 aliphatic rings. The van der Waals surface area contributed by atoms with E-state index in [1.807, 2.05) is 25.1 Å². The fourth-order valence-electron chi connectivity index (χ4n) is 1.16. The Balaban J connectivity index is 3.02. The molecule has 2 nitrogen and oxygen atoms in total. The van der Waals surface area contributed by atoms with Gasteiger partial charge in [-0.1, -0.05) is 6.07 Å². The lowest BCUT2D eigenvalue weighted by Crippen LogP contribution is -1.93. The molecule has 0 bridgehead atoms. The number of hydrogen-bond donors (Lipinski definition) is 1. The van der Waals surface area contributed by atoms with Gasteiger partial charge in [0.2, 0.25) is 0 Å². The Morgan fingerprint density at radius 1 is 1.42 bits per heavy atom. The van der Waals surface area contributed by atoms with Gasteiger partial charge < -0.3 is 9.84 Å². The Morgan fingerprint density at radius 3 is 2.50 bits per heavy atom. The van der Waals surface area contributed by atoms with Crippen LogP contribution in [0.2, 0.25) is 0 Å². The van der Waals surface area contributed by atoms with Gasteiger partial charge in [0, 0.05) is 0 Å². The van der Waals surface area contributed by atoms with E-state index in [1.54, 1.807) is 14.0 Å². The number of aryl methyl sites for hydroxylation is 1. The Bertz CT molecular complexity index is 267. The molecule has 0 heterocycles. The van der Waals surface area contributed by atoms with Gasteiger partial charge >= 0.3 is 0 Å². The van der Waals surface area contributed by atoms with Crippen molar-refractivity contribution in [1.82, 2.24) is 0 Å². The molecule has 12 heavy (non-hydrogen) atoms. The van der Waals surface area contributed by atoms with Crippen LogP contribution in [0.15, 0.2) is 18.2 Å². The highest BCUT2D eigenvalue weighted by atomic mass is 16.5. The smallest absolute Gasteiger partial charge is 0.121 e. The lowest BCUT2D eigenvalue weighted by molar-refractivity contribution is 0.199. The fraction of sp³-hybridized carbons (Fsp3) is 0.400. The number of benzene rings is 1. The maximum atomic E-state index is 9.27. The van der Waals surface area contributed by atoms with Gasteiger partial charge in [0.25, 0.3) is 0 Å². The number of methoxy groups -OCH3 is 1. The molecule has 0 spiro atoms. The van der Waals surface area contributed by atoms with Crippen LogP contribution in [0.25, 0.3) is 0 Å². The predicted octanol–water partition coefficient (Wildman–Crippen LogP) is 2.06. The van der Waals surface area contributed by atoms with Gasteiger partial charge in [0.05, 0.1) is 13.2 Å². The van der Waals surface area contributed by atoms with Crippen LogP contribution in [-0.4, -0.2) is 12.2 Å². The summed E-state index contributed by atoms with van der Waals surface area (Å²) in [6.45, 7) is 3.71. The number of rotatable bonds is 2. The van der Waals surface area contributed by atoms with E-state index < -0.39 is 6.10 Å². The molecule has 0 fully saturated rings. The van der Waals surface area contributed by atoms with Crippen molar-refractivity contribution in [1.29, 1.82) is 0 Å². The van der Waals surface area contributed by atoms with E-state index in [9.17, 15) is 5.11 Å². The summed E-state index contributed by atoms with van der Waals surface area (Å²) in [5.41, 5.74) is 1.98. The second-order valence-corrected chi connectivity index (χ2v) is 2.91. The zero-order valence-corrected chi connectivity index (χ0v) is 7.66. The molecule has 1 atom stereocenters. The van der Waals surface area contributed by atoms with Gasteiger partial charge in [-0.15, -0.1) is 0 Å². The molecule has 2 heteroatoms. The van der Waals surface area contributed by atoms with Gasteiger partial charge in [0.15, 0.2) is 0 Å². The Morgan fingerprint density at radius 2 is 2.08 bits per heavy atom. The molecule has 0 unspecified atom stereocenters. The summed E-state index contributed by atoms with van der Waals surface area (Å²) in [5, 5.41) is 9.27. The summed E-state index contributed by atoms with van der Waals surface area (Å²) >= 11 is 0. The summed E-state index contributed by atoms with van der Waals surface area (Å²) in [6.07, 6.45) is -0.408. The standard InChI is InChI=1S/C10H14O2/c1-7-6-9(8(2)11)4-5-10(7)12-3/h4-6,8,11H,1-3H3/t8-/m1/s1. The van der Waals surface area contributed by atoms with Gasteiger partial charge in [-0.25, -0.2) is 0 Å². The summed E-state index contributed by atoms with van der Waals surface area (Å²) in [7, 11) is 1.64. The normalized spacial score (nSPS) is 12.7. The summed E-state index contributed by atoms with van der Waals surface area (Å²) in [4.78, 5) is 0. The first-order valence-electron chi connectivity index (χ1n) is 3.97. The highest BCUT2D eigenvalue weighted by Crippen LogP contribution is 2.21. The van der Waals surface area contributed by atoms with Crippen molar-refractivity contribution in [2.75, 3.05) is 7.11 Å². The minimum Gasteiger partial charge on any atom is -0.496 e. The molecule has 0 aliphatic carbocycles. The SMILES string of the molecule is COc1ccc([C@@H](C)O)cc1C. The zero-order chi connectivity index (χ0) is 9.14. The average Bonchev–Trinajstić information content (AvgIpc) is 2.04. The largest absolute Gasteiger partial charge is 0.496 e. The van der Waals surface area contributed by atoms with Gasteiger partial charge in [0.1, 0.15) is 5.75 Å². The first kappa shape index (κ1) is 9.07. The van der Waals surface area contributed by atoms with Crippen LogP contribution in [-0.2, 0) is 0 Å². The van der Waals surface area contributed by atoms with Crippen molar-refractivity contribution in [3.8, 4) is 5.75 Å². The minimum absolute atomic E-state index is 0.408. The summed E-state index contributed by atoms with van der Waals surface area (Å²) in [6, 6.07) is 5.68. The van der Waals surface area contributed by atoms with Gasteiger partial charge in [-0.3, -0.25) is 0 Å². The second kappa shape index (κ2) is 3.59. The van der Waals surface area contributed by atoms with E-state index >= 15 is 0 Å². The monoisotopic (exact) mass is 166 g/mol. The Kier molecular flexibility index (Phi) is 2.71. The van der Waals surface area contributed by atoms with Crippen molar-refractivity contribution in [3.05, 3.63) is 29.3 Å². The van der Waals surface area contributed by atoms with Crippen LogP contribution in [0.1, 0.15) is 24.2 Å². The van der Waals surface area contributed by atoms with Crippen molar-refractivity contribution in [2.24, 2.45) is 0 Å². The molecular weight excluding hydrogens is 152 g/mol. The zero-order valence-electron chi connectivity index (χ0n) is 7.66. The lowest BCUT2D eigenvalue weighted by Gasteiger charge is -2.08. The summed E-state index contributed by atoms with van der Waals surface area (Å²) in [5.74, 6) is 0.861. The second-order valence-electron chi connectivity index (χ2n) is 2.91. The molecule has 1 rings (SSSR count). The summed E-state index contributed by atoms with van der Waals surface area (Å²) < 4.78 is 5.10. The van der Waals surface area contributed by atoms with Crippen LogP contribution >= 0.6 is 0 Å². The molecule has 0 amide bonds. The molecular formula is C10H14O2. The third-order valence-electron chi connectivity index (χ3n) is 1.90. The molecule has 0 radical (unpaired) electrons. The van der Waals surface area contributed by atoms with Gasteiger partial charge in [-0.05, 0) is 37.1 Å². The van der Waals surface area contributed by atoms with E-state index in [0.29, 0.717) is 0 Å². The maximum absolute atomic E-state index is 9.27. The van der Waals surface area contributed by atoms with Crippen molar-refractivity contribution in [2.45, 2.75) is 20.0 Å². The van der Waals surface area contributed by atoms with E-state index in [1.165, 1.54) is 0 Å². The maximum Gasteiger partial charge on any atom is 0.121 e. The van der Waals surface area contributed by atoms with Crippen LogP contribution in [0.5, 0.6) is 5.75 Å². The van der Waals surface area contributed by atoms with Crippen LogP contribution < -0.4 is 4.74 Å². The number of aliphatic hydroxyl groups excluding tert-OH is 1. The molecule has 0 aromatic heterocycles. The van der Waals surface area contributed by atoms with E-state index in [0.717, 1.165) is 16.9 Å². The first-order valence-corrected chi connectivity index (χ1v) is 3.97. The molecule has 1 N–H and O–H groups in total. The van der Waals surface area contributed by atoms with Crippen molar-refractivity contribution < 1.29 is 9.84 Å². The fourth-order valence-corrected chi connectivity index (χ4v) is 1.16. The van der Waals surface area contributed by atoms with E-state index in [4.69, 9.17) is 4.74 Å². The van der Waals surface area contributed by atoms with E-state index in [2.05, 4.69) is 0 Å². The Hall–Kier alpha value is -1.02. The topological polar surface area (TPSA) is 29.5 Å². The Labute approximate surface area is 72.8 Å². The van der Waals surface area contributed by atoms with Gasteiger partial charge in [-0.2, -0.15) is 0 Å². The van der Waals surface area contributed by atoms with Crippen LogP contribution in [0.3, 0.4) is 0 Å². The molecule has 0 aliphatic heterocycles.